The van der Waals surface area contributed by atoms with E-state index in [2.05, 4.69) is 15.8 Å². The van der Waals surface area contributed by atoms with Crippen LogP contribution in [0.5, 0.6) is 5.75 Å². The molecule has 182 valence electrons. The fourth-order valence-corrected chi connectivity index (χ4v) is 4.96. The van der Waals surface area contributed by atoms with Gasteiger partial charge in [0, 0.05) is 28.5 Å². The van der Waals surface area contributed by atoms with Crippen LogP contribution in [-0.4, -0.2) is 37.2 Å². The predicted molar refractivity (Wildman–Crippen MR) is 133 cm³/mol. The number of carboxylic acid groups (broad SMARTS) is 1. The lowest BCUT2D eigenvalue weighted by atomic mass is 9.88. The van der Waals surface area contributed by atoms with Crippen LogP contribution < -0.4 is 9.46 Å². The molecule has 2 aromatic heterocycles. The SMILES string of the molecule is COc1cc(C)c2c(ccn2C(=O)O)c1C(C)(N[S+]([O-])C(C)(C)C)c1nc2cc(C#N)ccc2o1. The number of nitrogens with one attached hydrogen (secondary N) is 1. The summed E-state index contributed by atoms with van der Waals surface area (Å²) in [6.07, 6.45) is 0.341. The Kier molecular flexibility index (Phi) is 6.05. The van der Waals surface area contributed by atoms with Crippen molar-refractivity contribution in [1.82, 2.24) is 14.3 Å². The Labute approximate surface area is 205 Å². The van der Waals surface area contributed by atoms with Crippen LogP contribution in [0.4, 0.5) is 4.79 Å². The van der Waals surface area contributed by atoms with Gasteiger partial charge in [-0.05, 0) is 70.5 Å². The first-order valence-electron chi connectivity index (χ1n) is 10.8. The predicted octanol–water partition coefficient (Wildman–Crippen LogP) is 4.81. The maximum absolute atomic E-state index is 13.4. The number of fused-ring (bicyclic) bond motifs is 2. The third-order valence-electron chi connectivity index (χ3n) is 5.85. The van der Waals surface area contributed by atoms with Crippen LogP contribution in [0.1, 0.15) is 50.3 Å². The lowest BCUT2D eigenvalue weighted by molar-refractivity contribution is 0.197. The maximum Gasteiger partial charge on any atom is 0.416 e. The van der Waals surface area contributed by atoms with Crippen molar-refractivity contribution in [1.29, 1.82) is 5.26 Å². The van der Waals surface area contributed by atoms with Gasteiger partial charge in [0.15, 0.2) is 11.1 Å². The molecule has 35 heavy (non-hydrogen) atoms. The Hall–Kier alpha value is -3.52. The number of nitrogens with zero attached hydrogens (tertiary/aromatic N) is 3. The van der Waals surface area contributed by atoms with Gasteiger partial charge in [-0.3, -0.25) is 4.57 Å². The summed E-state index contributed by atoms with van der Waals surface area (Å²) in [6, 6.07) is 10.4. The molecule has 2 atom stereocenters. The van der Waals surface area contributed by atoms with Gasteiger partial charge in [-0.15, -0.1) is 4.72 Å². The maximum atomic E-state index is 13.4. The van der Waals surface area contributed by atoms with E-state index in [1.165, 1.54) is 13.3 Å². The summed E-state index contributed by atoms with van der Waals surface area (Å²) in [5, 5.41) is 19.6. The van der Waals surface area contributed by atoms with E-state index < -0.39 is 27.7 Å². The highest BCUT2D eigenvalue weighted by atomic mass is 32.2. The molecule has 2 unspecified atom stereocenters. The summed E-state index contributed by atoms with van der Waals surface area (Å²) in [5.41, 5.74) is 1.77. The summed E-state index contributed by atoms with van der Waals surface area (Å²) in [6.45, 7) is 9.09. The Morgan fingerprint density at radius 2 is 2.00 bits per heavy atom. The fraction of sp³-hybridized carbons (Fsp3) is 0.320. The van der Waals surface area contributed by atoms with Crippen molar-refractivity contribution in [2.24, 2.45) is 0 Å². The Morgan fingerprint density at radius 3 is 2.60 bits per heavy atom. The second-order valence-corrected chi connectivity index (χ2v) is 11.4. The molecule has 0 aliphatic carbocycles. The Morgan fingerprint density at radius 1 is 1.29 bits per heavy atom. The highest BCUT2D eigenvalue weighted by molar-refractivity contribution is 7.90. The fourth-order valence-electron chi connectivity index (χ4n) is 4.09. The number of hydrogen-bond acceptors (Lipinski definition) is 7. The summed E-state index contributed by atoms with van der Waals surface area (Å²) < 4.78 is 29.0. The van der Waals surface area contributed by atoms with Gasteiger partial charge >= 0.3 is 6.09 Å². The summed E-state index contributed by atoms with van der Waals surface area (Å²) in [7, 11) is 1.52. The Bertz CT molecular complexity index is 1490. The number of nitriles is 1. The van der Waals surface area contributed by atoms with Crippen molar-refractivity contribution in [3.05, 3.63) is 59.1 Å². The summed E-state index contributed by atoms with van der Waals surface area (Å²) >= 11 is -1.58. The number of ether oxygens (including phenoxy) is 1. The molecule has 0 aliphatic rings. The highest BCUT2D eigenvalue weighted by Gasteiger charge is 2.45. The van der Waals surface area contributed by atoms with Crippen LogP contribution in [0.3, 0.4) is 0 Å². The minimum Gasteiger partial charge on any atom is -0.598 e. The van der Waals surface area contributed by atoms with Crippen LogP contribution >= 0.6 is 0 Å². The molecule has 9 nitrogen and oxygen atoms in total. The lowest BCUT2D eigenvalue weighted by Crippen LogP contribution is -2.51. The van der Waals surface area contributed by atoms with E-state index in [1.54, 1.807) is 44.2 Å². The molecule has 0 saturated heterocycles. The molecule has 10 heteroatoms. The minimum atomic E-state index is -1.58. The molecule has 0 aliphatic heterocycles. The molecule has 4 aromatic rings. The average molecular weight is 495 g/mol. The van der Waals surface area contributed by atoms with Gasteiger partial charge in [0.05, 0.1) is 24.3 Å². The molecule has 0 amide bonds. The van der Waals surface area contributed by atoms with Gasteiger partial charge in [0.2, 0.25) is 5.89 Å². The van der Waals surface area contributed by atoms with Gasteiger partial charge in [-0.25, -0.2) is 9.78 Å². The number of rotatable bonds is 5. The van der Waals surface area contributed by atoms with E-state index in [-0.39, 0.29) is 5.89 Å². The van der Waals surface area contributed by atoms with Gasteiger partial charge in [0.25, 0.3) is 0 Å². The second-order valence-electron chi connectivity index (χ2n) is 9.42. The summed E-state index contributed by atoms with van der Waals surface area (Å²) in [5.74, 6) is 0.658. The van der Waals surface area contributed by atoms with Crippen LogP contribution in [0.2, 0.25) is 0 Å². The standard InChI is InChI=1S/C25H26N4O5S/c1-14-11-19(33-6)20(16-9-10-29(21(14)16)23(30)31)25(5,28-35(32)24(2,3)4)22-27-17-12-15(13-26)7-8-18(17)34-22/h7-12,28H,1-6H3,(H,30,31). The molecule has 0 spiro atoms. The van der Waals surface area contributed by atoms with E-state index in [4.69, 9.17) is 9.15 Å². The molecule has 0 radical (unpaired) electrons. The zero-order valence-corrected chi connectivity index (χ0v) is 21.1. The average Bonchev–Trinajstić information content (AvgIpc) is 3.42. The second kappa shape index (κ2) is 8.61. The molecule has 4 rings (SSSR count). The van der Waals surface area contributed by atoms with Crippen molar-refractivity contribution in [3.8, 4) is 11.8 Å². The van der Waals surface area contributed by atoms with E-state index in [9.17, 15) is 19.7 Å². The van der Waals surface area contributed by atoms with Crippen LogP contribution in [0.25, 0.3) is 22.0 Å². The molecule has 2 aromatic carbocycles. The number of methoxy groups -OCH3 is 1. The Balaban J connectivity index is 2.08. The first kappa shape index (κ1) is 24.6. The van der Waals surface area contributed by atoms with Gasteiger partial charge in [-0.2, -0.15) is 5.26 Å². The molecular formula is C25H26N4O5S. The van der Waals surface area contributed by atoms with E-state index >= 15 is 0 Å². The molecule has 0 fully saturated rings. The van der Waals surface area contributed by atoms with E-state index in [0.29, 0.717) is 44.4 Å². The molecule has 2 heterocycles. The number of hydrogen-bond donors (Lipinski definition) is 2. The van der Waals surface area contributed by atoms with Crippen molar-refractivity contribution in [2.75, 3.05) is 7.11 Å². The van der Waals surface area contributed by atoms with Crippen molar-refractivity contribution in [3.63, 3.8) is 0 Å². The highest BCUT2D eigenvalue weighted by Crippen LogP contribution is 2.43. The molecule has 0 bridgehead atoms. The number of benzene rings is 2. The zero-order chi connectivity index (χ0) is 25.7. The van der Waals surface area contributed by atoms with Crippen molar-refractivity contribution >= 4 is 39.5 Å². The van der Waals surface area contributed by atoms with Crippen LogP contribution in [0, 0.1) is 18.3 Å². The monoisotopic (exact) mass is 494 g/mol. The third kappa shape index (κ3) is 4.12. The minimum absolute atomic E-state index is 0.201. The third-order valence-corrected chi connectivity index (χ3v) is 7.55. The largest absolute Gasteiger partial charge is 0.598 e. The van der Waals surface area contributed by atoms with Crippen LogP contribution in [-0.2, 0) is 16.9 Å². The van der Waals surface area contributed by atoms with Crippen molar-refractivity contribution in [2.45, 2.75) is 44.9 Å². The smallest absolute Gasteiger partial charge is 0.416 e. The molecule has 2 N–H and O–H groups in total. The normalized spacial score (nSPS) is 14.6. The van der Waals surface area contributed by atoms with Crippen molar-refractivity contribution < 1.29 is 23.6 Å². The van der Waals surface area contributed by atoms with E-state index in [0.717, 1.165) is 4.57 Å². The first-order valence-corrected chi connectivity index (χ1v) is 12.0. The zero-order valence-electron chi connectivity index (χ0n) is 20.3. The van der Waals surface area contributed by atoms with Crippen LogP contribution in [0.15, 0.2) is 40.9 Å². The number of aryl methyl sites for hydroxylation is 1. The lowest BCUT2D eigenvalue weighted by Gasteiger charge is -2.34. The number of aromatic nitrogens is 2. The number of oxazole rings is 1. The van der Waals surface area contributed by atoms with Gasteiger partial charge in [0.1, 0.15) is 16.0 Å². The quantitative estimate of drug-likeness (QED) is 0.377. The molecule has 0 saturated carbocycles. The van der Waals surface area contributed by atoms with E-state index in [1.807, 2.05) is 20.8 Å². The molecular weight excluding hydrogens is 468 g/mol. The first-order chi connectivity index (χ1) is 16.4. The van der Waals surface area contributed by atoms with Gasteiger partial charge < -0.3 is 18.8 Å². The summed E-state index contributed by atoms with van der Waals surface area (Å²) in [4.78, 5) is 16.6. The van der Waals surface area contributed by atoms with Gasteiger partial charge in [-0.1, -0.05) is 0 Å². The number of carbonyl (C=O) groups is 1. The topological polar surface area (TPSA) is 136 Å².